The van der Waals surface area contributed by atoms with E-state index in [1.54, 1.807) is 18.5 Å². The van der Waals surface area contributed by atoms with Crippen molar-refractivity contribution in [1.29, 1.82) is 0 Å². The van der Waals surface area contributed by atoms with Gasteiger partial charge in [-0.05, 0) is 39.7 Å². The van der Waals surface area contributed by atoms with Crippen molar-refractivity contribution in [2.45, 2.75) is 30.5 Å². The number of nitrogens with two attached hydrogens (primary N) is 1. The number of thiophene rings is 1. The lowest BCUT2D eigenvalue weighted by atomic mass is 10.0. The zero-order valence-electron chi connectivity index (χ0n) is 10.8. The molecule has 1 aromatic heterocycles. The summed E-state index contributed by atoms with van der Waals surface area (Å²) in [5, 5.41) is 1.75. The minimum atomic E-state index is -3.40. The predicted octanol–water partition coefficient (Wildman–Crippen LogP) is 2.50. The van der Waals surface area contributed by atoms with E-state index in [-0.39, 0.29) is 6.04 Å². The molecule has 0 fully saturated rings. The summed E-state index contributed by atoms with van der Waals surface area (Å²) in [7, 11) is -1.81. The molecule has 0 aromatic carbocycles. The van der Waals surface area contributed by atoms with Gasteiger partial charge in [0.25, 0.3) is 10.0 Å². The van der Waals surface area contributed by atoms with Gasteiger partial charge in [-0.1, -0.05) is 13.8 Å². The van der Waals surface area contributed by atoms with Gasteiger partial charge in [-0.15, -0.1) is 11.3 Å². The number of halogens is 1. The molecule has 1 heterocycles. The van der Waals surface area contributed by atoms with Gasteiger partial charge in [-0.3, -0.25) is 0 Å². The van der Waals surface area contributed by atoms with Crippen molar-refractivity contribution in [2.24, 2.45) is 11.7 Å². The fraction of sp³-hybridized carbons (Fsp3) is 0.636. The number of rotatable bonds is 6. The Hall–Kier alpha value is 0.0500. The Morgan fingerprint density at radius 1 is 1.50 bits per heavy atom. The Labute approximate surface area is 121 Å². The van der Waals surface area contributed by atoms with E-state index in [1.807, 2.05) is 13.8 Å². The van der Waals surface area contributed by atoms with E-state index in [4.69, 9.17) is 5.73 Å². The molecule has 4 nitrogen and oxygen atoms in total. The van der Waals surface area contributed by atoms with Gasteiger partial charge >= 0.3 is 0 Å². The maximum Gasteiger partial charge on any atom is 0.253 e. The average molecular weight is 355 g/mol. The Morgan fingerprint density at radius 2 is 2.11 bits per heavy atom. The van der Waals surface area contributed by atoms with Crippen LogP contribution in [0.25, 0.3) is 0 Å². The second-order valence-electron chi connectivity index (χ2n) is 4.58. The highest BCUT2D eigenvalue weighted by Crippen LogP contribution is 2.29. The van der Waals surface area contributed by atoms with E-state index < -0.39 is 10.0 Å². The van der Waals surface area contributed by atoms with Gasteiger partial charge in [-0.25, -0.2) is 12.7 Å². The molecule has 0 aliphatic heterocycles. The number of hydrogen-bond acceptors (Lipinski definition) is 4. The molecule has 1 aromatic rings. The highest BCUT2D eigenvalue weighted by Gasteiger charge is 2.25. The minimum absolute atomic E-state index is 0.0226. The number of hydrogen-bond donors (Lipinski definition) is 1. The number of nitrogens with zero attached hydrogens (tertiary/aromatic N) is 1. The van der Waals surface area contributed by atoms with Crippen LogP contribution in [-0.2, 0) is 10.0 Å². The standard InChI is InChI=1S/C11H19BrN2O2S2/c1-8(2)10(13)4-6-14(3)18(15,16)11-9(12)5-7-17-11/h5,7-8,10H,4,6,13H2,1-3H3. The highest BCUT2D eigenvalue weighted by molar-refractivity contribution is 9.10. The lowest BCUT2D eigenvalue weighted by molar-refractivity contribution is 0.398. The second-order valence-corrected chi connectivity index (χ2v) is 8.59. The summed E-state index contributed by atoms with van der Waals surface area (Å²) >= 11 is 4.47. The van der Waals surface area contributed by atoms with Gasteiger partial charge in [-0.2, -0.15) is 0 Å². The molecule has 18 heavy (non-hydrogen) atoms. The van der Waals surface area contributed by atoms with Crippen molar-refractivity contribution in [1.82, 2.24) is 4.31 Å². The second kappa shape index (κ2) is 6.47. The molecule has 7 heteroatoms. The molecule has 0 spiro atoms. The van der Waals surface area contributed by atoms with E-state index >= 15 is 0 Å². The lowest BCUT2D eigenvalue weighted by Gasteiger charge is -2.20. The summed E-state index contributed by atoms with van der Waals surface area (Å²) in [5.41, 5.74) is 5.93. The van der Waals surface area contributed by atoms with Gasteiger partial charge in [0.05, 0.1) is 0 Å². The van der Waals surface area contributed by atoms with Crippen LogP contribution >= 0.6 is 27.3 Å². The fourth-order valence-corrected chi connectivity index (χ4v) is 5.08. The minimum Gasteiger partial charge on any atom is -0.327 e. The molecular weight excluding hydrogens is 336 g/mol. The van der Waals surface area contributed by atoms with Gasteiger partial charge in [0.1, 0.15) is 4.21 Å². The van der Waals surface area contributed by atoms with Crippen molar-refractivity contribution < 1.29 is 8.42 Å². The third-order valence-corrected chi connectivity index (χ3v) is 7.37. The summed E-state index contributed by atoms with van der Waals surface area (Å²) in [6.45, 7) is 4.51. The Bertz CT molecular complexity index is 485. The van der Waals surface area contributed by atoms with Crippen molar-refractivity contribution in [2.75, 3.05) is 13.6 Å². The van der Waals surface area contributed by atoms with Crippen molar-refractivity contribution in [3.63, 3.8) is 0 Å². The SMILES string of the molecule is CC(C)C(N)CCN(C)S(=O)(=O)c1sccc1Br. The number of sulfonamides is 1. The zero-order chi connectivity index (χ0) is 13.9. The summed E-state index contributed by atoms with van der Waals surface area (Å²) < 4.78 is 26.9. The van der Waals surface area contributed by atoms with Crippen molar-refractivity contribution in [3.05, 3.63) is 15.9 Å². The maximum atomic E-state index is 12.3. The topological polar surface area (TPSA) is 63.4 Å². The molecule has 1 rings (SSSR count). The molecule has 0 bridgehead atoms. The summed E-state index contributed by atoms with van der Waals surface area (Å²) in [4.78, 5) is 0. The Morgan fingerprint density at radius 3 is 2.56 bits per heavy atom. The van der Waals surface area contributed by atoms with Crippen molar-refractivity contribution in [3.8, 4) is 0 Å². The van der Waals surface area contributed by atoms with E-state index in [1.165, 1.54) is 15.6 Å². The molecule has 0 aliphatic rings. The molecule has 2 N–H and O–H groups in total. The van der Waals surface area contributed by atoms with E-state index in [0.717, 1.165) is 0 Å². The molecular formula is C11H19BrN2O2S2. The van der Waals surface area contributed by atoms with Gasteiger partial charge in [0.15, 0.2) is 0 Å². The van der Waals surface area contributed by atoms with Crippen LogP contribution in [0.4, 0.5) is 0 Å². The molecule has 0 amide bonds. The molecule has 1 atom stereocenters. The van der Waals surface area contributed by atoms with Crippen molar-refractivity contribution >= 4 is 37.3 Å². The zero-order valence-corrected chi connectivity index (χ0v) is 14.0. The first-order valence-electron chi connectivity index (χ1n) is 5.71. The van der Waals surface area contributed by atoms with Crippen LogP contribution in [-0.4, -0.2) is 32.4 Å². The molecule has 0 saturated carbocycles. The highest BCUT2D eigenvalue weighted by atomic mass is 79.9. The van der Waals surface area contributed by atoms with Gasteiger partial charge in [0, 0.05) is 24.1 Å². The Balaban J connectivity index is 2.73. The van der Waals surface area contributed by atoms with Gasteiger partial charge < -0.3 is 5.73 Å². The fourth-order valence-electron chi connectivity index (χ4n) is 1.39. The average Bonchev–Trinajstić information content (AvgIpc) is 2.71. The monoisotopic (exact) mass is 354 g/mol. The lowest BCUT2D eigenvalue weighted by Crippen LogP contribution is -2.34. The molecule has 104 valence electrons. The largest absolute Gasteiger partial charge is 0.327 e. The quantitative estimate of drug-likeness (QED) is 0.853. The molecule has 0 saturated heterocycles. The van der Waals surface area contributed by atoms with Gasteiger partial charge in [0.2, 0.25) is 0 Å². The first-order valence-corrected chi connectivity index (χ1v) is 8.83. The smallest absolute Gasteiger partial charge is 0.253 e. The Kier molecular flexibility index (Phi) is 5.79. The predicted molar refractivity (Wildman–Crippen MR) is 79.3 cm³/mol. The molecule has 1 unspecified atom stereocenters. The maximum absolute atomic E-state index is 12.3. The molecule has 0 aliphatic carbocycles. The molecule has 0 radical (unpaired) electrons. The van der Waals surface area contributed by atoms with Crippen LogP contribution < -0.4 is 5.73 Å². The van der Waals surface area contributed by atoms with Crippen LogP contribution in [0.15, 0.2) is 20.1 Å². The normalized spacial score (nSPS) is 14.4. The summed E-state index contributed by atoms with van der Waals surface area (Å²) in [6, 6.07) is 1.76. The third kappa shape index (κ3) is 3.77. The van der Waals surface area contributed by atoms with E-state index in [0.29, 0.717) is 27.6 Å². The van der Waals surface area contributed by atoms with Crippen LogP contribution in [0.1, 0.15) is 20.3 Å². The summed E-state index contributed by atoms with van der Waals surface area (Å²) in [5.74, 6) is 0.356. The van der Waals surface area contributed by atoms with Crippen LogP contribution in [0.3, 0.4) is 0 Å². The first kappa shape index (κ1) is 16.1. The van der Waals surface area contributed by atoms with Crippen LogP contribution in [0.2, 0.25) is 0 Å². The van der Waals surface area contributed by atoms with E-state index in [2.05, 4.69) is 15.9 Å². The first-order chi connectivity index (χ1) is 8.26. The van der Waals surface area contributed by atoms with Crippen LogP contribution in [0.5, 0.6) is 0 Å². The van der Waals surface area contributed by atoms with Crippen LogP contribution in [0, 0.1) is 5.92 Å². The van der Waals surface area contributed by atoms with E-state index in [9.17, 15) is 8.42 Å². The summed E-state index contributed by atoms with van der Waals surface area (Å²) in [6.07, 6.45) is 0.663. The third-order valence-electron chi connectivity index (χ3n) is 2.86.